The number of halogens is 4. The number of hydrogen-bond acceptors (Lipinski definition) is 1. The van der Waals surface area contributed by atoms with E-state index in [9.17, 15) is 17.6 Å². The topological polar surface area (TPSA) is 12.0 Å². The molecule has 3 atom stereocenters. The van der Waals surface area contributed by atoms with Gasteiger partial charge in [-0.3, -0.25) is 0 Å². The predicted molar refractivity (Wildman–Crippen MR) is 84.2 cm³/mol. The van der Waals surface area contributed by atoms with Gasteiger partial charge in [0.15, 0.2) is 0 Å². The Labute approximate surface area is 137 Å². The fourth-order valence-corrected chi connectivity index (χ4v) is 3.92. The Morgan fingerprint density at radius 3 is 2.50 bits per heavy atom. The highest BCUT2D eigenvalue weighted by Crippen LogP contribution is 2.51. The molecule has 0 spiro atoms. The van der Waals surface area contributed by atoms with Crippen molar-refractivity contribution < 1.29 is 17.6 Å². The molecule has 124 valence electrons. The molecule has 24 heavy (non-hydrogen) atoms. The molecule has 1 N–H and O–H groups in total. The molecule has 1 heterocycles. The van der Waals surface area contributed by atoms with Crippen molar-refractivity contribution >= 4 is 5.69 Å². The maximum absolute atomic E-state index is 14.2. The highest BCUT2D eigenvalue weighted by molar-refractivity contribution is 5.61. The van der Waals surface area contributed by atoms with Crippen LogP contribution in [0.1, 0.15) is 35.1 Å². The van der Waals surface area contributed by atoms with E-state index < -0.39 is 23.6 Å². The summed E-state index contributed by atoms with van der Waals surface area (Å²) in [5.74, 6) is -0.549. The molecule has 1 nitrogen and oxygen atoms in total. The average molecular weight is 333 g/mol. The number of anilines is 1. The molecule has 2 aromatic carbocycles. The lowest BCUT2D eigenvalue weighted by molar-refractivity contribution is -0.138. The highest BCUT2D eigenvalue weighted by Gasteiger charge is 2.42. The van der Waals surface area contributed by atoms with Crippen LogP contribution in [-0.4, -0.2) is 0 Å². The van der Waals surface area contributed by atoms with Gasteiger partial charge in [0.05, 0.1) is 17.3 Å². The van der Waals surface area contributed by atoms with Crippen molar-refractivity contribution in [1.82, 2.24) is 0 Å². The van der Waals surface area contributed by atoms with Crippen LogP contribution in [0.2, 0.25) is 0 Å². The van der Waals surface area contributed by atoms with Gasteiger partial charge in [-0.1, -0.05) is 42.5 Å². The second-order valence-corrected chi connectivity index (χ2v) is 6.26. The minimum absolute atomic E-state index is 0.0530. The molecule has 0 saturated heterocycles. The van der Waals surface area contributed by atoms with Gasteiger partial charge in [-0.25, -0.2) is 4.39 Å². The number of nitrogens with one attached hydrogen (secondary N) is 1. The van der Waals surface area contributed by atoms with Crippen molar-refractivity contribution in [1.29, 1.82) is 0 Å². The third-order valence-electron chi connectivity index (χ3n) is 4.95. The summed E-state index contributed by atoms with van der Waals surface area (Å²) in [5, 5.41) is 3.05. The summed E-state index contributed by atoms with van der Waals surface area (Å²) in [5.41, 5.74) is 0.646. The summed E-state index contributed by atoms with van der Waals surface area (Å²) >= 11 is 0. The molecular formula is C19H15F4N. The second-order valence-electron chi connectivity index (χ2n) is 6.26. The van der Waals surface area contributed by atoms with Crippen LogP contribution in [0.4, 0.5) is 23.2 Å². The number of rotatable bonds is 1. The van der Waals surface area contributed by atoms with E-state index in [1.165, 1.54) is 18.2 Å². The van der Waals surface area contributed by atoms with E-state index in [0.29, 0.717) is 12.1 Å². The first-order valence-corrected chi connectivity index (χ1v) is 7.84. The number of hydrogen-bond donors (Lipinski definition) is 1. The minimum atomic E-state index is -4.44. The minimum Gasteiger partial charge on any atom is -0.375 e. The van der Waals surface area contributed by atoms with E-state index in [1.54, 1.807) is 12.1 Å². The van der Waals surface area contributed by atoms with Crippen molar-refractivity contribution in [3.8, 4) is 0 Å². The Balaban J connectivity index is 1.85. The molecule has 4 rings (SSSR count). The van der Waals surface area contributed by atoms with Crippen LogP contribution in [0, 0.1) is 11.7 Å². The molecule has 0 bridgehead atoms. The zero-order valence-electron chi connectivity index (χ0n) is 12.6. The molecule has 0 unspecified atom stereocenters. The Hall–Kier alpha value is -2.30. The van der Waals surface area contributed by atoms with Gasteiger partial charge in [0.2, 0.25) is 0 Å². The fraction of sp³-hybridized carbons (Fsp3) is 0.263. The lowest BCUT2D eigenvalue weighted by Gasteiger charge is -2.38. The first kappa shape index (κ1) is 15.2. The van der Waals surface area contributed by atoms with Crippen LogP contribution in [0.15, 0.2) is 54.6 Å². The van der Waals surface area contributed by atoms with Crippen molar-refractivity contribution in [3.05, 3.63) is 77.1 Å². The van der Waals surface area contributed by atoms with Gasteiger partial charge in [0.1, 0.15) is 5.82 Å². The number of alkyl halides is 3. The van der Waals surface area contributed by atoms with Crippen molar-refractivity contribution in [3.63, 3.8) is 0 Å². The Morgan fingerprint density at radius 2 is 1.71 bits per heavy atom. The molecule has 0 aromatic heterocycles. The molecule has 0 fully saturated rings. The van der Waals surface area contributed by atoms with E-state index in [2.05, 4.69) is 5.32 Å². The molecule has 1 aliphatic carbocycles. The summed E-state index contributed by atoms with van der Waals surface area (Å²) in [4.78, 5) is 0. The van der Waals surface area contributed by atoms with Gasteiger partial charge in [-0.05, 0) is 35.6 Å². The number of fused-ring (bicyclic) bond motifs is 3. The van der Waals surface area contributed by atoms with E-state index in [0.717, 1.165) is 11.6 Å². The van der Waals surface area contributed by atoms with E-state index in [-0.39, 0.29) is 17.4 Å². The van der Waals surface area contributed by atoms with Gasteiger partial charge in [-0.2, -0.15) is 13.2 Å². The molecule has 0 radical (unpaired) electrons. The highest BCUT2D eigenvalue weighted by atomic mass is 19.4. The maximum atomic E-state index is 14.2. The number of allylic oxidation sites excluding steroid dienone is 2. The number of benzene rings is 2. The first-order chi connectivity index (χ1) is 11.5. The average Bonchev–Trinajstić information content (AvgIpc) is 3.04. The summed E-state index contributed by atoms with van der Waals surface area (Å²) < 4.78 is 54.5. The molecule has 5 heteroatoms. The molecule has 0 saturated carbocycles. The van der Waals surface area contributed by atoms with Crippen molar-refractivity contribution in [2.45, 2.75) is 24.6 Å². The largest absolute Gasteiger partial charge is 0.416 e. The first-order valence-electron chi connectivity index (χ1n) is 7.84. The lowest BCUT2D eigenvalue weighted by atomic mass is 9.76. The maximum Gasteiger partial charge on any atom is 0.416 e. The summed E-state index contributed by atoms with van der Waals surface area (Å²) in [6, 6.07) is 9.79. The summed E-state index contributed by atoms with van der Waals surface area (Å²) in [6.07, 6.45) is 0.187. The van der Waals surface area contributed by atoms with Crippen molar-refractivity contribution in [2.24, 2.45) is 5.92 Å². The van der Waals surface area contributed by atoms with E-state index in [1.807, 2.05) is 18.2 Å². The predicted octanol–water partition coefficient (Wildman–Crippen LogP) is 5.67. The zero-order valence-corrected chi connectivity index (χ0v) is 12.6. The second kappa shape index (κ2) is 5.36. The monoisotopic (exact) mass is 333 g/mol. The smallest absolute Gasteiger partial charge is 0.375 e. The Bertz CT molecular complexity index is 809. The molecule has 2 aromatic rings. The van der Waals surface area contributed by atoms with E-state index >= 15 is 0 Å². The lowest BCUT2D eigenvalue weighted by Crippen LogP contribution is -2.31. The quantitative estimate of drug-likeness (QED) is 0.524. The van der Waals surface area contributed by atoms with Gasteiger partial charge in [0, 0.05) is 5.92 Å². The molecular weight excluding hydrogens is 318 g/mol. The van der Waals surface area contributed by atoms with Crippen LogP contribution >= 0.6 is 0 Å². The zero-order chi connectivity index (χ0) is 16.9. The Kier molecular flexibility index (Phi) is 3.41. The van der Waals surface area contributed by atoms with Crippen LogP contribution in [0.25, 0.3) is 0 Å². The fourth-order valence-electron chi connectivity index (χ4n) is 3.92. The normalized spacial score (nSPS) is 25.1. The van der Waals surface area contributed by atoms with Crippen molar-refractivity contribution in [2.75, 3.05) is 5.32 Å². The van der Waals surface area contributed by atoms with Gasteiger partial charge in [-0.15, -0.1) is 0 Å². The standard InChI is InChI=1S/C19H15F4N/c20-16-10-4-8-13-11-6-3-7-12(11)17(24-18(13)16)14-5-1-2-9-15(14)19(21,22)23/h1-6,8-12,17,24H,7H2/t11-,12-,17+/m1/s1. The van der Waals surface area contributed by atoms with Crippen LogP contribution in [0.3, 0.4) is 0 Å². The molecule has 0 amide bonds. The van der Waals surface area contributed by atoms with Crippen LogP contribution in [-0.2, 0) is 6.18 Å². The Morgan fingerprint density at radius 1 is 0.958 bits per heavy atom. The molecule has 1 aliphatic heterocycles. The summed E-state index contributed by atoms with van der Waals surface area (Å²) in [7, 11) is 0. The van der Waals surface area contributed by atoms with Gasteiger partial charge < -0.3 is 5.32 Å². The van der Waals surface area contributed by atoms with Crippen LogP contribution in [0.5, 0.6) is 0 Å². The van der Waals surface area contributed by atoms with Gasteiger partial charge >= 0.3 is 6.18 Å². The van der Waals surface area contributed by atoms with E-state index in [4.69, 9.17) is 0 Å². The third kappa shape index (κ3) is 2.30. The molecule has 2 aliphatic rings. The van der Waals surface area contributed by atoms with Gasteiger partial charge in [0.25, 0.3) is 0 Å². The van der Waals surface area contributed by atoms with Crippen LogP contribution < -0.4 is 5.32 Å². The third-order valence-corrected chi connectivity index (χ3v) is 4.95. The SMILES string of the molecule is Fc1cccc2c1N[C@H](c1ccccc1C(F)(F)F)[C@@H]1CC=C[C@@H]21. The number of para-hydroxylation sites is 1. The summed E-state index contributed by atoms with van der Waals surface area (Å²) in [6.45, 7) is 0.